The molecule has 0 radical (unpaired) electrons. The van der Waals surface area contributed by atoms with Gasteiger partial charge in [-0.1, -0.05) is 13.0 Å². The lowest BCUT2D eigenvalue weighted by Gasteiger charge is -2.12. The van der Waals surface area contributed by atoms with Crippen LogP contribution in [0.5, 0.6) is 5.75 Å². The van der Waals surface area contributed by atoms with Gasteiger partial charge in [0.15, 0.2) is 0 Å². The van der Waals surface area contributed by atoms with Crippen molar-refractivity contribution in [2.24, 2.45) is 0 Å². The highest BCUT2D eigenvalue weighted by molar-refractivity contribution is 5.41. The van der Waals surface area contributed by atoms with Crippen LogP contribution >= 0.6 is 0 Å². The highest BCUT2D eigenvalue weighted by Crippen LogP contribution is 2.22. The second-order valence-electron chi connectivity index (χ2n) is 3.76. The molecule has 0 bridgehead atoms. The van der Waals surface area contributed by atoms with Crippen molar-refractivity contribution < 1.29 is 4.74 Å². The van der Waals surface area contributed by atoms with Gasteiger partial charge in [-0.05, 0) is 50.1 Å². The van der Waals surface area contributed by atoms with E-state index in [1.165, 1.54) is 16.7 Å². The first-order valence-corrected chi connectivity index (χ1v) is 5.62. The maximum atomic E-state index is 5.56. The van der Waals surface area contributed by atoms with Crippen LogP contribution in [0.3, 0.4) is 0 Å². The summed E-state index contributed by atoms with van der Waals surface area (Å²) in [6.45, 7) is 11.0. The molecule has 0 saturated carbocycles. The maximum absolute atomic E-state index is 5.56. The number of ether oxygens (including phenoxy) is 1. The zero-order valence-corrected chi connectivity index (χ0v) is 10.2. The Morgan fingerprint density at radius 3 is 2.47 bits per heavy atom. The van der Waals surface area contributed by atoms with E-state index in [9.17, 15) is 0 Å². The fourth-order valence-electron chi connectivity index (χ4n) is 1.61. The minimum absolute atomic E-state index is 0.729. The summed E-state index contributed by atoms with van der Waals surface area (Å²) < 4.78 is 5.56. The van der Waals surface area contributed by atoms with Crippen molar-refractivity contribution in [2.75, 3.05) is 13.2 Å². The molecule has 0 unspecified atom stereocenters. The summed E-state index contributed by atoms with van der Waals surface area (Å²) in [6.07, 6.45) is 0. The maximum Gasteiger partial charge on any atom is 0.122 e. The number of rotatable bonds is 5. The normalized spacial score (nSPS) is 10.4. The molecule has 0 aliphatic rings. The third-order valence-corrected chi connectivity index (χ3v) is 2.50. The molecule has 0 spiro atoms. The SMILES string of the molecule is CCNCc1cc(C)c(OCC)cc1C. The van der Waals surface area contributed by atoms with Crippen LogP contribution in [0.1, 0.15) is 30.5 Å². The quantitative estimate of drug-likeness (QED) is 0.801. The standard InChI is InChI=1S/C13H21NO/c1-5-14-9-12-7-11(4)13(15-6-2)8-10(12)3/h7-8,14H,5-6,9H2,1-4H3. The van der Waals surface area contributed by atoms with Gasteiger partial charge in [0.1, 0.15) is 5.75 Å². The second-order valence-corrected chi connectivity index (χ2v) is 3.76. The largest absolute Gasteiger partial charge is 0.494 e. The highest BCUT2D eigenvalue weighted by Gasteiger charge is 2.04. The van der Waals surface area contributed by atoms with Crippen molar-refractivity contribution >= 4 is 0 Å². The van der Waals surface area contributed by atoms with Crippen molar-refractivity contribution in [3.63, 3.8) is 0 Å². The lowest BCUT2D eigenvalue weighted by molar-refractivity contribution is 0.337. The van der Waals surface area contributed by atoms with Gasteiger partial charge < -0.3 is 10.1 Å². The summed E-state index contributed by atoms with van der Waals surface area (Å²) in [6, 6.07) is 4.34. The van der Waals surface area contributed by atoms with Crippen molar-refractivity contribution in [3.05, 3.63) is 28.8 Å². The first-order chi connectivity index (χ1) is 7.19. The van der Waals surface area contributed by atoms with Crippen LogP contribution in [0.2, 0.25) is 0 Å². The van der Waals surface area contributed by atoms with E-state index in [1.54, 1.807) is 0 Å². The lowest BCUT2D eigenvalue weighted by Crippen LogP contribution is -2.13. The van der Waals surface area contributed by atoms with E-state index >= 15 is 0 Å². The third kappa shape index (κ3) is 3.24. The zero-order valence-electron chi connectivity index (χ0n) is 10.2. The average molecular weight is 207 g/mol. The molecule has 0 aromatic heterocycles. The molecular formula is C13H21NO. The van der Waals surface area contributed by atoms with Crippen LogP contribution in [0, 0.1) is 13.8 Å². The molecule has 1 N–H and O–H groups in total. The summed E-state index contributed by atoms with van der Waals surface area (Å²) in [5.41, 5.74) is 3.87. The summed E-state index contributed by atoms with van der Waals surface area (Å²) in [4.78, 5) is 0. The molecule has 0 aliphatic heterocycles. The van der Waals surface area contributed by atoms with Gasteiger partial charge in [0.2, 0.25) is 0 Å². The van der Waals surface area contributed by atoms with Gasteiger partial charge in [-0.15, -0.1) is 0 Å². The molecule has 0 heterocycles. The summed E-state index contributed by atoms with van der Waals surface area (Å²) in [5, 5.41) is 3.34. The van der Waals surface area contributed by atoms with Crippen LogP contribution in [0.4, 0.5) is 0 Å². The minimum atomic E-state index is 0.729. The zero-order chi connectivity index (χ0) is 11.3. The lowest BCUT2D eigenvalue weighted by atomic mass is 10.0. The monoisotopic (exact) mass is 207 g/mol. The number of aryl methyl sites for hydroxylation is 2. The van der Waals surface area contributed by atoms with E-state index in [-0.39, 0.29) is 0 Å². The molecule has 0 aliphatic carbocycles. The van der Waals surface area contributed by atoms with Crippen LogP contribution in [-0.2, 0) is 6.54 Å². The Balaban J connectivity index is 2.87. The number of nitrogens with one attached hydrogen (secondary N) is 1. The number of benzene rings is 1. The minimum Gasteiger partial charge on any atom is -0.494 e. The molecule has 84 valence electrons. The van der Waals surface area contributed by atoms with E-state index in [4.69, 9.17) is 4.74 Å². The Morgan fingerprint density at radius 2 is 1.87 bits per heavy atom. The first-order valence-electron chi connectivity index (χ1n) is 5.62. The Hall–Kier alpha value is -1.02. The predicted octanol–water partition coefficient (Wildman–Crippen LogP) is 2.81. The summed E-state index contributed by atoms with van der Waals surface area (Å²) >= 11 is 0. The van der Waals surface area contributed by atoms with E-state index in [0.717, 1.165) is 25.4 Å². The van der Waals surface area contributed by atoms with E-state index in [1.807, 2.05) is 6.92 Å². The number of hydrogen-bond acceptors (Lipinski definition) is 2. The molecule has 0 amide bonds. The van der Waals surface area contributed by atoms with Gasteiger partial charge >= 0.3 is 0 Å². The van der Waals surface area contributed by atoms with Crippen molar-refractivity contribution in [1.82, 2.24) is 5.32 Å². The Labute approximate surface area is 92.6 Å². The predicted molar refractivity (Wildman–Crippen MR) is 64.5 cm³/mol. The summed E-state index contributed by atoms with van der Waals surface area (Å²) in [7, 11) is 0. The third-order valence-electron chi connectivity index (χ3n) is 2.50. The molecule has 2 heteroatoms. The van der Waals surface area contributed by atoms with Crippen LogP contribution < -0.4 is 10.1 Å². The molecule has 1 rings (SSSR count). The Kier molecular flexibility index (Phi) is 4.63. The van der Waals surface area contributed by atoms with E-state index in [0.29, 0.717) is 0 Å². The van der Waals surface area contributed by atoms with E-state index < -0.39 is 0 Å². The fourth-order valence-corrected chi connectivity index (χ4v) is 1.61. The van der Waals surface area contributed by atoms with Crippen molar-refractivity contribution in [2.45, 2.75) is 34.2 Å². The molecule has 0 fully saturated rings. The van der Waals surface area contributed by atoms with Gasteiger partial charge in [-0.25, -0.2) is 0 Å². The molecule has 0 saturated heterocycles. The van der Waals surface area contributed by atoms with Gasteiger partial charge in [-0.2, -0.15) is 0 Å². The van der Waals surface area contributed by atoms with Gasteiger partial charge in [-0.3, -0.25) is 0 Å². The van der Waals surface area contributed by atoms with E-state index in [2.05, 4.69) is 38.2 Å². The first kappa shape index (κ1) is 12.1. The molecule has 0 atom stereocenters. The molecule has 1 aromatic carbocycles. The second kappa shape index (κ2) is 5.76. The Bertz CT molecular complexity index is 321. The molecule has 15 heavy (non-hydrogen) atoms. The fraction of sp³-hybridized carbons (Fsp3) is 0.538. The van der Waals surface area contributed by atoms with Gasteiger partial charge in [0.25, 0.3) is 0 Å². The number of hydrogen-bond donors (Lipinski definition) is 1. The molecule has 1 aromatic rings. The summed E-state index contributed by atoms with van der Waals surface area (Å²) in [5.74, 6) is 1.01. The van der Waals surface area contributed by atoms with Crippen LogP contribution in [-0.4, -0.2) is 13.2 Å². The van der Waals surface area contributed by atoms with Crippen LogP contribution in [0.25, 0.3) is 0 Å². The molecule has 2 nitrogen and oxygen atoms in total. The smallest absolute Gasteiger partial charge is 0.122 e. The van der Waals surface area contributed by atoms with Crippen molar-refractivity contribution in [3.8, 4) is 5.75 Å². The molecular weight excluding hydrogens is 186 g/mol. The van der Waals surface area contributed by atoms with Gasteiger partial charge in [0.05, 0.1) is 6.61 Å². The topological polar surface area (TPSA) is 21.3 Å². The van der Waals surface area contributed by atoms with Crippen LogP contribution in [0.15, 0.2) is 12.1 Å². The van der Waals surface area contributed by atoms with Gasteiger partial charge in [0, 0.05) is 6.54 Å². The average Bonchev–Trinajstić information content (AvgIpc) is 2.21. The van der Waals surface area contributed by atoms with Crippen molar-refractivity contribution in [1.29, 1.82) is 0 Å². The highest BCUT2D eigenvalue weighted by atomic mass is 16.5. The Morgan fingerprint density at radius 1 is 1.13 bits per heavy atom.